The summed E-state index contributed by atoms with van der Waals surface area (Å²) < 4.78 is 10.5. The molecule has 17 heavy (non-hydrogen) atoms. The molecule has 1 fully saturated rings. The quantitative estimate of drug-likeness (QED) is 0.480. The number of thiocarbonyl (C=S) groups is 1. The van der Waals surface area contributed by atoms with Gasteiger partial charge in [-0.05, 0) is 37.2 Å². The van der Waals surface area contributed by atoms with Crippen molar-refractivity contribution in [2.24, 2.45) is 5.10 Å². The predicted octanol–water partition coefficient (Wildman–Crippen LogP) is 1.26. The molecule has 0 unspecified atom stereocenters. The molecule has 0 aromatic carbocycles. The lowest BCUT2D eigenvalue weighted by atomic mass is 10.2. The molecule has 5 nitrogen and oxygen atoms in total. The van der Waals surface area contributed by atoms with Gasteiger partial charge in [0.15, 0.2) is 5.11 Å². The van der Waals surface area contributed by atoms with E-state index in [0.717, 1.165) is 26.0 Å². The van der Waals surface area contributed by atoms with E-state index >= 15 is 0 Å². The highest BCUT2D eigenvalue weighted by Gasteiger charge is 2.14. The van der Waals surface area contributed by atoms with Gasteiger partial charge in [-0.15, -0.1) is 0 Å². The fourth-order valence-electron chi connectivity index (χ4n) is 1.57. The maximum absolute atomic E-state index is 5.46. The summed E-state index contributed by atoms with van der Waals surface area (Å²) >= 11 is 5.06. The van der Waals surface area contributed by atoms with Crippen molar-refractivity contribution in [1.29, 1.82) is 0 Å². The Morgan fingerprint density at radius 1 is 1.65 bits per heavy atom. The van der Waals surface area contributed by atoms with Crippen LogP contribution in [0.2, 0.25) is 0 Å². The van der Waals surface area contributed by atoms with E-state index in [2.05, 4.69) is 15.8 Å². The fourth-order valence-corrected chi connectivity index (χ4v) is 1.71. The first-order chi connectivity index (χ1) is 8.34. The van der Waals surface area contributed by atoms with Crippen molar-refractivity contribution in [2.45, 2.75) is 18.9 Å². The van der Waals surface area contributed by atoms with Crippen LogP contribution in [-0.4, -0.2) is 30.6 Å². The third-order valence-electron chi connectivity index (χ3n) is 2.42. The number of hydrogen-bond acceptors (Lipinski definition) is 4. The second-order valence-corrected chi connectivity index (χ2v) is 4.14. The monoisotopic (exact) mass is 253 g/mol. The van der Waals surface area contributed by atoms with Crippen LogP contribution in [0.1, 0.15) is 18.6 Å². The Morgan fingerprint density at radius 2 is 2.59 bits per heavy atom. The molecule has 92 valence electrons. The highest BCUT2D eigenvalue weighted by Crippen LogP contribution is 2.10. The molecule has 1 aromatic heterocycles. The van der Waals surface area contributed by atoms with E-state index in [-0.39, 0.29) is 6.10 Å². The Morgan fingerprint density at radius 3 is 3.29 bits per heavy atom. The maximum Gasteiger partial charge on any atom is 0.187 e. The molecule has 0 saturated carbocycles. The second-order valence-electron chi connectivity index (χ2n) is 3.73. The molecule has 0 radical (unpaired) electrons. The van der Waals surface area contributed by atoms with E-state index in [1.807, 2.05) is 6.07 Å². The van der Waals surface area contributed by atoms with Crippen molar-refractivity contribution < 1.29 is 9.15 Å². The van der Waals surface area contributed by atoms with Crippen molar-refractivity contribution in [3.05, 3.63) is 24.2 Å². The average Bonchev–Trinajstić information content (AvgIpc) is 2.99. The van der Waals surface area contributed by atoms with E-state index in [1.54, 1.807) is 18.5 Å². The number of hydrogen-bond donors (Lipinski definition) is 2. The zero-order chi connectivity index (χ0) is 11.9. The highest BCUT2D eigenvalue weighted by atomic mass is 32.1. The molecule has 1 aromatic rings. The number of nitrogens with one attached hydrogen (secondary N) is 2. The largest absolute Gasteiger partial charge is 0.463 e. The Labute approximate surface area is 105 Å². The molecule has 0 spiro atoms. The Balaban J connectivity index is 1.63. The molecule has 1 atom stereocenters. The van der Waals surface area contributed by atoms with Gasteiger partial charge < -0.3 is 14.5 Å². The average molecular weight is 253 g/mol. The van der Waals surface area contributed by atoms with Gasteiger partial charge in [-0.1, -0.05) is 0 Å². The van der Waals surface area contributed by atoms with Crippen LogP contribution >= 0.6 is 12.2 Å². The molecule has 1 aliphatic rings. The lowest BCUT2D eigenvalue weighted by Crippen LogP contribution is -2.37. The van der Waals surface area contributed by atoms with E-state index in [1.165, 1.54) is 0 Å². The molecule has 0 amide bonds. The van der Waals surface area contributed by atoms with Crippen LogP contribution in [0, 0.1) is 0 Å². The van der Waals surface area contributed by atoms with Crippen molar-refractivity contribution in [2.75, 3.05) is 13.2 Å². The van der Waals surface area contributed by atoms with Gasteiger partial charge in [0.05, 0.1) is 18.6 Å². The Kier molecular flexibility index (Phi) is 4.52. The minimum absolute atomic E-state index is 0.267. The van der Waals surface area contributed by atoms with Crippen LogP contribution in [0.4, 0.5) is 0 Å². The molecule has 1 saturated heterocycles. The van der Waals surface area contributed by atoms with Gasteiger partial charge in [0.2, 0.25) is 0 Å². The topological polar surface area (TPSA) is 58.8 Å². The minimum Gasteiger partial charge on any atom is -0.463 e. The third kappa shape index (κ3) is 4.16. The molecule has 0 aliphatic carbocycles. The molecule has 2 N–H and O–H groups in total. The minimum atomic E-state index is 0.267. The van der Waals surface area contributed by atoms with E-state index in [4.69, 9.17) is 21.4 Å². The lowest BCUT2D eigenvalue weighted by Gasteiger charge is -2.11. The highest BCUT2D eigenvalue weighted by molar-refractivity contribution is 7.80. The first-order valence-corrected chi connectivity index (χ1v) is 5.97. The van der Waals surface area contributed by atoms with Gasteiger partial charge in [0.1, 0.15) is 5.76 Å². The Hall–Kier alpha value is -1.40. The second kappa shape index (κ2) is 6.36. The predicted molar refractivity (Wildman–Crippen MR) is 69.0 cm³/mol. The van der Waals surface area contributed by atoms with E-state index < -0.39 is 0 Å². The SMILES string of the molecule is S=C(NC[C@H]1CCCO1)N/N=C\c1ccco1. The van der Waals surface area contributed by atoms with E-state index in [0.29, 0.717) is 10.9 Å². The molecule has 6 heteroatoms. The summed E-state index contributed by atoms with van der Waals surface area (Å²) in [6.07, 6.45) is 5.65. The van der Waals surface area contributed by atoms with Crippen molar-refractivity contribution >= 4 is 23.5 Å². The van der Waals surface area contributed by atoms with Crippen molar-refractivity contribution in [3.8, 4) is 0 Å². The lowest BCUT2D eigenvalue weighted by molar-refractivity contribution is 0.114. The number of ether oxygens (including phenoxy) is 1. The van der Waals surface area contributed by atoms with Gasteiger partial charge in [-0.2, -0.15) is 5.10 Å². The molecule has 2 heterocycles. The molecular formula is C11H15N3O2S. The number of rotatable bonds is 4. The summed E-state index contributed by atoms with van der Waals surface area (Å²) in [4.78, 5) is 0. The zero-order valence-electron chi connectivity index (χ0n) is 9.39. The maximum atomic E-state index is 5.46. The normalized spacial score (nSPS) is 19.6. The van der Waals surface area contributed by atoms with Crippen LogP contribution in [0.5, 0.6) is 0 Å². The summed E-state index contributed by atoms with van der Waals surface area (Å²) in [5.74, 6) is 0.680. The smallest absolute Gasteiger partial charge is 0.187 e. The van der Waals surface area contributed by atoms with Gasteiger partial charge in [-0.3, -0.25) is 5.43 Å². The number of nitrogens with zero attached hydrogens (tertiary/aromatic N) is 1. The van der Waals surface area contributed by atoms with Crippen LogP contribution in [0.15, 0.2) is 27.9 Å². The summed E-state index contributed by atoms with van der Waals surface area (Å²) in [6.45, 7) is 1.57. The number of furan rings is 1. The fraction of sp³-hybridized carbons (Fsp3) is 0.455. The summed E-state index contributed by atoms with van der Waals surface area (Å²) in [5.41, 5.74) is 2.72. The van der Waals surface area contributed by atoms with Crippen LogP contribution in [0.25, 0.3) is 0 Å². The van der Waals surface area contributed by atoms with Gasteiger partial charge in [-0.25, -0.2) is 0 Å². The number of hydrazone groups is 1. The summed E-state index contributed by atoms with van der Waals surface area (Å²) in [7, 11) is 0. The summed E-state index contributed by atoms with van der Waals surface area (Å²) in [6, 6.07) is 3.61. The Bertz CT molecular complexity index is 372. The van der Waals surface area contributed by atoms with Crippen LogP contribution < -0.4 is 10.7 Å². The van der Waals surface area contributed by atoms with Crippen molar-refractivity contribution in [3.63, 3.8) is 0 Å². The van der Waals surface area contributed by atoms with Gasteiger partial charge in [0, 0.05) is 13.2 Å². The van der Waals surface area contributed by atoms with Crippen LogP contribution in [0.3, 0.4) is 0 Å². The van der Waals surface area contributed by atoms with Crippen LogP contribution in [-0.2, 0) is 4.74 Å². The molecule has 0 bridgehead atoms. The standard InChI is InChI=1S/C11H15N3O2S/c17-11(12-7-9-3-1-5-15-9)14-13-8-10-4-2-6-16-10/h2,4,6,8-9H,1,3,5,7H2,(H2,12,14,17)/b13-8-/t9-/m1/s1. The molecule has 2 rings (SSSR count). The van der Waals surface area contributed by atoms with E-state index in [9.17, 15) is 0 Å². The first kappa shape index (κ1) is 12.1. The zero-order valence-corrected chi connectivity index (χ0v) is 10.2. The van der Waals surface area contributed by atoms with Gasteiger partial charge >= 0.3 is 0 Å². The van der Waals surface area contributed by atoms with Crippen molar-refractivity contribution in [1.82, 2.24) is 10.7 Å². The third-order valence-corrected chi connectivity index (χ3v) is 2.65. The van der Waals surface area contributed by atoms with Gasteiger partial charge in [0.25, 0.3) is 0 Å². The molecule has 1 aliphatic heterocycles. The molecular weight excluding hydrogens is 238 g/mol. The summed E-state index contributed by atoms with van der Waals surface area (Å²) in [5, 5.41) is 7.49. The first-order valence-electron chi connectivity index (χ1n) is 5.56.